The number of carbonyl (C=O) groups is 1. The van der Waals surface area contributed by atoms with E-state index in [1.165, 1.54) is 289 Å². The summed E-state index contributed by atoms with van der Waals surface area (Å²) >= 11 is 0. The topological polar surface area (TPSA) is 108 Å². The summed E-state index contributed by atoms with van der Waals surface area (Å²) in [7, 11) is 1.28. The van der Waals surface area contributed by atoms with Gasteiger partial charge in [-0.3, -0.25) is 9.36 Å². The molecule has 9 heteroatoms. The van der Waals surface area contributed by atoms with Crippen molar-refractivity contribution in [3.05, 3.63) is 12.2 Å². The number of allylic oxidation sites excluding steroid dienone is 1. The molecule has 0 aromatic heterocycles. The predicted molar refractivity (Wildman–Crippen MR) is 321 cm³/mol. The van der Waals surface area contributed by atoms with Crippen LogP contribution in [0.2, 0.25) is 0 Å². The van der Waals surface area contributed by atoms with Gasteiger partial charge < -0.3 is 28.8 Å². The second kappa shape index (κ2) is 56.9. The number of aliphatic hydroxyl groups excluding tert-OH is 1. The summed E-state index contributed by atoms with van der Waals surface area (Å²) in [6.45, 7) is 4.71. The molecule has 8 nitrogen and oxygen atoms in total. The fraction of sp³-hybridized carbons (Fsp3) is 0.954. The zero-order valence-electron chi connectivity index (χ0n) is 50.6. The van der Waals surface area contributed by atoms with Gasteiger partial charge in [0.25, 0.3) is 7.82 Å². The molecule has 74 heavy (non-hydrogen) atoms. The number of phosphoric acid groups is 1. The van der Waals surface area contributed by atoms with E-state index in [0.717, 1.165) is 38.5 Å². The second-order valence-electron chi connectivity index (χ2n) is 24.2. The lowest BCUT2D eigenvalue weighted by Gasteiger charge is -2.29. The first-order valence-corrected chi connectivity index (χ1v) is 34.5. The molecule has 442 valence electrons. The van der Waals surface area contributed by atoms with Gasteiger partial charge in [-0.15, -0.1) is 0 Å². The number of hydrogen-bond acceptors (Lipinski definition) is 6. The summed E-state index contributed by atoms with van der Waals surface area (Å²) in [6.07, 6.45) is 71.8. The van der Waals surface area contributed by atoms with E-state index in [1.807, 2.05) is 27.2 Å². The van der Waals surface area contributed by atoms with Crippen molar-refractivity contribution in [1.82, 2.24) is 5.32 Å². The number of likely N-dealkylation sites (N-methyl/N-ethyl adjacent to an activating group) is 1. The van der Waals surface area contributed by atoms with Gasteiger partial charge in [-0.1, -0.05) is 334 Å². The van der Waals surface area contributed by atoms with E-state index in [9.17, 15) is 19.4 Å². The van der Waals surface area contributed by atoms with Crippen LogP contribution in [0.25, 0.3) is 0 Å². The van der Waals surface area contributed by atoms with Crippen LogP contribution in [0.1, 0.15) is 348 Å². The van der Waals surface area contributed by atoms with Crippen molar-refractivity contribution in [2.45, 2.75) is 360 Å². The van der Waals surface area contributed by atoms with Crippen LogP contribution in [0.4, 0.5) is 0 Å². The van der Waals surface area contributed by atoms with E-state index < -0.39 is 20.0 Å². The minimum absolute atomic E-state index is 0.00282. The lowest BCUT2D eigenvalue weighted by molar-refractivity contribution is -0.870. The van der Waals surface area contributed by atoms with Gasteiger partial charge in [-0.05, 0) is 19.3 Å². The number of amides is 1. The van der Waals surface area contributed by atoms with E-state index in [2.05, 4.69) is 19.2 Å². The van der Waals surface area contributed by atoms with Crippen molar-refractivity contribution in [3.8, 4) is 0 Å². The molecule has 3 unspecified atom stereocenters. The maximum Gasteiger partial charge on any atom is 0.268 e. The highest BCUT2D eigenvalue weighted by Gasteiger charge is 2.23. The highest BCUT2D eigenvalue weighted by atomic mass is 31.2. The summed E-state index contributed by atoms with van der Waals surface area (Å²) in [5.41, 5.74) is 0. The Bertz CT molecular complexity index is 1210. The molecule has 2 N–H and O–H groups in total. The molecule has 0 radical (unpaired) electrons. The number of hydrogen-bond donors (Lipinski definition) is 2. The van der Waals surface area contributed by atoms with Crippen molar-refractivity contribution in [3.63, 3.8) is 0 Å². The first-order chi connectivity index (χ1) is 36.0. The van der Waals surface area contributed by atoms with Gasteiger partial charge in [0.15, 0.2) is 0 Å². The summed E-state index contributed by atoms with van der Waals surface area (Å²) in [5.74, 6) is -0.188. The van der Waals surface area contributed by atoms with E-state index in [0.29, 0.717) is 17.4 Å². The zero-order valence-corrected chi connectivity index (χ0v) is 51.5. The number of quaternary nitrogens is 1. The summed E-state index contributed by atoms with van der Waals surface area (Å²) in [4.78, 5) is 25.6. The van der Waals surface area contributed by atoms with Crippen LogP contribution < -0.4 is 10.2 Å². The molecule has 1 amide bonds. The number of nitrogens with zero attached hydrogens (tertiary/aromatic N) is 1. The van der Waals surface area contributed by atoms with Crippen molar-refractivity contribution in [2.24, 2.45) is 0 Å². The number of phosphoric ester groups is 1. The molecular formula is C65H131N2O6P. The molecule has 0 bridgehead atoms. The summed E-state index contributed by atoms with van der Waals surface area (Å²) in [5, 5.41) is 13.9. The Morgan fingerprint density at radius 3 is 1.01 bits per heavy atom. The van der Waals surface area contributed by atoms with Gasteiger partial charge in [0.05, 0.1) is 39.9 Å². The third-order valence-electron chi connectivity index (χ3n) is 15.5. The largest absolute Gasteiger partial charge is 0.756 e. The number of carbonyl (C=O) groups excluding carboxylic acids is 1. The van der Waals surface area contributed by atoms with E-state index >= 15 is 0 Å². The zero-order chi connectivity index (χ0) is 54.2. The molecule has 0 aliphatic carbocycles. The van der Waals surface area contributed by atoms with E-state index in [4.69, 9.17) is 9.05 Å². The molecule has 0 aromatic rings. The Balaban J connectivity index is 3.99. The van der Waals surface area contributed by atoms with Gasteiger partial charge in [0, 0.05) is 6.42 Å². The third-order valence-corrected chi connectivity index (χ3v) is 16.5. The smallest absolute Gasteiger partial charge is 0.268 e. The van der Waals surface area contributed by atoms with Gasteiger partial charge in [0.1, 0.15) is 13.2 Å². The second-order valence-corrected chi connectivity index (χ2v) is 25.6. The molecule has 3 atom stereocenters. The van der Waals surface area contributed by atoms with Crippen molar-refractivity contribution >= 4 is 13.7 Å². The number of aliphatic hydroxyl groups is 1. The van der Waals surface area contributed by atoms with Gasteiger partial charge >= 0.3 is 0 Å². The van der Waals surface area contributed by atoms with Crippen LogP contribution >= 0.6 is 7.82 Å². The molecule has 0 rings (SSSR count). The van der Waals surface area contributed by atoms with E-state index in [1.54, 1.807) is 6.08 Å². The minimum Gasteiger partial charge on any atom is -0.756 e. The first kappa shape index (κ1) is 73.2. The fourth-order valence-corrected chi connectivity index (χ4v) is 11.1. The Morgan fingerprint density at radius 2 is 0.730 bits per heavy atom. The normalized spacial score (nSPS) is 13.8. The van der Waals surface area contributed by atoms with Crippen LogP contribution in [0, 0.1) is 0 Å². The van der Waals surface area contributed by atoms with Crippen LogP contribution in [0.3, 0.4) is 0 Å². The lowest BCUT2D eigenvalue weighted by Crippen LogP contribution is -2.45. The monoisotopic (exact) mass is 1070 g/mol. The van der Waals surface area contributed by atoms with E-state index in [-0.39, 0.29) is 19.1 Å². The Morgan fingerprint density at radius 1 is 0.459 bits per heavy atom. The van der Waals surface area contributed by atoms with Crippen molar-refractivity contribution < 1.29 is 32.9 Å². The molecule has 0 aliphatic rings. The fourth-order valence-electron chi connectivity index (χ4n) is 10.3. The quantitative estimate of drug-likeness (QED) is 0.0272. The Hall–Kier alpha value is -0.760. The Kier molecular flexibility index (Phi) is 56.4. The lowest BCUT2D eigenvalue weighted by atomic mass is 10.0. The molecule has 0 saturated carbocycles. The van der Waals surface area contributed by atoms with Gasteiger partial charge in [0.2, 0.25) is 5.91 Å². The van der Waals surface area contributed by atoms with Crippen LogP contribution in [-0.2, 0) is 18.4 Å². The van der Waals surface area contributed by atoms with Crippen molar-refractivity contribution in [1.29, 1.82) is 0 Å². The third kappa shape index (κ3) is 58.9. The maximum absolute atomic E-state index is 13.0. The molecule has 0 aromatic carbocycles. The molecule has 0 saturated heterocycles. The summed E-state index contributed by atoms with van der Waals surface area (Å²) in [6, 6.07) is -0.883. The molecule has 0 aliphatic heterocycles. The highest BCUT2D eigenvalue weighted by Crippen LogP contribution is 2.38. The average Bonchev–Trinajstić information content (AvgIpc) is 3.36. The molecule has 0 spiro atoms. The number of nitrogens with one attached hydrogen (secondary N) is 1. The highest BCUT2D eigenvalue weighted by molar-refractivity contribution is 7.45. The molecule has 0 fully saturated rings. The first-order valence-electron chi connectivity index (χ1n) is 33.1. The molecular weight excluding hydrogens is 936 g/mol. The Labute approximate surface area is 462 Å². The predicted octanol–water partition coefficient (Wildman–Crippen LogP) is 19.9. The van der Waals surface area contributed by atoms with Crippen LogP contribution in [-0.4, -0.2) is 68.5 Å². The maximum atomic E-state index is 13.0. The van der Waals surface area contributed by atoms with Crippen molar-refractivity contribution in [2.75, 3.05) is 40.9 Å². The number of rotatable bonds is 62. The minimum atomic E-state index is -4.60. The van der Waals surface area contributed by atoms with Crippen LogP contribution in [0.15, 0.2) is 12.2 Å². The number of unbranched alkanes of at least 4 members (excludes halogenated alkanes) is 49. The summed E-state index contributed by atoms with van der Waals surface area (Å²) < 4.78 is 23.4. The standard InChI is InChI=1S/C65H131N2O6P/c1-6-8-10-12-14-16-18-20-22-24-26-27-28-29-30-31-32-33-34-35-36-37-38-39-41-43-45-47-49-51-53-55-57-59-65(69)66-63(62-73-74(70,71)72-61-60-67(3,4)5)64(68)58-56-54-52-50-48-46-44-42-40-25-23-21-19-17-15-13-11-9-7-2/h56,58,63-64,68H,6-55,57,59-62H2,1-5H3,(H-,66,69,70,71)/b58-56+. The SMILES string of the molecule is CCCCCCCCCCCCCCCCCCC/C=C/C(O)C(COP(=O)([O-])OCC[N+](C)(C)C)NC(=O)CCCCCCCCCCCCCCCCCCCCCCCCCCCCCCCCCCC. The van der Waals surface area contributed by atoms with Gasteiger partial charge in [-0.25, -0.2) is 0 Å². The average molecular weight is 1070 g/mol. The van der Waals surface area contributed by atoms with Crippen LogP contribution in [0.5, 0.6) is 0 Å². The molecule has 0 heterocycles. The van der Waals surface area contributed by atoms with Gasteiger partial charge in [-0.2, -0.15) is 0 Å².